The van der Waals surface area contributed by atoms with Crippen molar-refractivity contribution in [3.8, 4) is 0 Å². The number of pyridine rings is 1. The second-order valence-corrected chi connectivity index (χ2v) is 7.91. The Balaban J connectivity index is 3.44. The van der Waals surface area contributed by atoms with Crippen molar-refractivity contribution in [1.29, 1.82) is 0 Å². The van der Waals surface area contributed by atoms with Crippen LogP contribution in [-0.4, -0.2) is 29.6 Å². The van der Waals surface area contributed by atoms with Gasteiger partial charge in [-0.3, -0.25) is 9.59 Å². The molecule has 1 aromatic rings. The average molecular weight is 407 g/mol. The molecule has 29 heavy (non-hydrogen) atoms. The summed E-state index contributed by atoms with van der Waals surface area (Å²) in [5.41, 5.74) is 1.95. The summed E-state index contributed by atoms with van der Waals surface area (Å²) in [5, 5.41) is 2.71. The van der Waals surface area contributed by atoms with E-state index in [0.717, 1.165) is 56.2 Å². The van der Waals surface area contributed by atoms with Gasteiger partial charge in [-0.15, -0.1) is 0 Å². The van der Waals surface area contributed by atoms with Crippen molar-refractivity contribution >= 4 is 11.9 Å². The van der Waals surface area contributed by atoms with Gasteiger partial charge in [0.2, 0.25) is 0 Å². The molecule has 0 spiro atoms. The second-order valence-electron chi connectivity index (χ2n) is 7.91. The van der Waals surface area contributed by atoms with Gasteiger partial charge in [-0.05, 0) is 43.2 Å². The first kappa shape index (κ1) is 24.9. The summed E-state index contributed by atoms with van der Waals surface area (Å²) in [7, 11) is 1.30. The van der Waals surface area contributed by atoms with Gasteiger partial charge in [-0.1, -0.05) is 53.9 Å². The van der Waals surface area contributed by atoms with Gasteiger partial charge in [-0.2, -0.15) is 0 Å². The first-order chi connectivity index (χ1) is 13.8. The number of ether oxygens (including phenoxy) is 1. The standard InChI is InChI=1S/C23H38N2O4/c1-7-10-13-19-17(12-9-3)15-18(22(27)25(19)14-11-8-2)21(26)24-20(16(4)5)23(28)29-6/h15-16,20H,7-14H2,1-6H3,(H,24,26)/t20-/m0/s1. The number of hydrogen-bond acceptors (Lipinski definition) is 4. The Kier molecular flexibility index (Phi) is 10.7. The molecule has 6 heteroatoms. The van der Waals surface area contributed by atoms with Crippen LogP contribution in [0.25, 0.3) is 0 Å². The topological polar surface area (TPSA) is 77.4 Å². The van der Waals surface area contributed by atoms with Crippen molar-refractivity contribution in [1.82, 2.24) is 9.88 Å². The van der Waals surface area contributed by atoms with Gasteiger partial charge in [0.25, 0.3) is 11.5 Å². The minimum Gasteiger partial charge on any atom is -0.467 e. The number of unbranched alkanes of at least 4 members (excludes halogenated alkanes) is 2. The van der Waals surface area contributed by atoms with E-state index in [1.165, 1.54) is 7.11 Å². The third-order valence-electron chi connectivity index (χ3n) is 5.17. The van der Waals surface area contributed by atoms with Crippen molar-refractivity contribution < 1.29 is 14.3 Å². The molecule has 0 aromatic carbocycles. The highest BCUT2D eigenvalue weighted by atomic mass is 16.5. The van der Waals surface area contributed by atoms with Crippen molar-refractivity contribution in [2.75, 3.05) is 7.11 Å². The van der Waals surface area contributed by atoms with Gasteiger partial charge in [0.1, 0.15) is 11.6 Å². The molecule has 1 amide bonds. The first-order valence-corrected chi connectivity index (χ1v) is 11.0. The molecule has 0 aliphatic carbocycles. The van der Waals surface area contributed by atoms with Crippen LogP contribution in [0.15, 0.2) is 10.9 Å². The molecule has 1 N–H and O–H groups in total. The summed E-state index contributed by atoms with van der Waals surface area (Å²) >= 11 is 0. The SMILES string of the molecule is CCCCc1c(CCC)cc(C(=O)N[C@H](C(=O)OC)C(C)C)c(=O)n1CCCC. The largest absolute Gasteiger partial charge is 0.467 e. The van der Waals surface area contributed by atoms with Gasteiger partial charge in [0.05, 0.1) is 7.11 Å². The highest BCUT2D eigenvalue weighted by molar-refractivity contribution is 5.96. The minimum absolute atomic E-state index is 0.111. The fourth-order valence-electron chi connectivity index (χ4n) is 3.45. The van der Waals surface area contributed by atoms with Crippen LogP contribution in [0.2, 0.25) is 0 Å². The van der Waals surface area contributed by atoms with E-state index in [1.807, 2.05) is 13.8 Å². The molecule has 164 valence electrons. The highest BCUT2D eigenvalue weighted by Gasteiger charge is 2.27. The number of nitrogens with zero attached hydrogens (tertiary/aromatic N) is 1. The normalized spacial score (nSPS) is 12.1. The molecule has 0 bridgehead atoms. The summed E-state index contributed by atoms with van der Waals surface area (Å²) in [5.74, 6) is -1.16. The number of carbonyl (C=O) groups excluding carboxylic acids is 2. The lowest BCUT2D eigenvalue weighted by molar-refractivity contribution is -0.144. The molecule has 1 aromatic heterocycles. The van der Waals surface area contributed by atoms with Crippen LogP contribution in [0.3, 0.4) is 0 Å². The van der Waals surface area contributed by atoms with Crippen LogP contribution in [0.5, 0.6) is 0 Å². The molecule has 1 heterocycles. The van der Waals surface area contributed by atoms with E-state index in [4.69, 9.17) is 4.74 Å². The van der Waals surface area contributed by atoms with Crippen LogP contribution in [0.1, 0.15) is 88.3 Å². The van der Waals surface area contributed by atoms with E-state index in [1.54, 1.807) is 10.6 Å². The van der Waals surface area contributed by atoms with Crippen LogP contribution >= 0.6 is 0 Å². The lowest BCUT2D eigenvalue weighted by atomic mass is 10.00. The molecule has 0 fully saturated rings. The molecule has 1 atom stereocenters. The summed E-state index contributed by atoms with van der Waals surface area (Å²) in [6.07, 6.45) is 6.49. The zero-order chi connectivity index (χ0) is 22.0. The van der Waals surface area contributed by atoms with Gasteiger partial charge in [0.15, 0.2) is 0 Å². The number of hydrogen-bond donors (Lipinski definition) is 1. The molecular formula is C23H38N2O4. The Labute approximate surface area is 175 Å². The summed E-state index contributed by atoms with van der Waals surface area (Å²) < 4.78 is 6.60. The monoisotopic (exact) mass is 406 g/mol. The fourth-order valence-corrected chi connectivity index (χ4v) is 3.45. The maximum absolute atomic E-state index is 13.2. The lowest BCUT2D eigenvalue weighted by Crippen LogP contribution is -2.47. The summed E-state index contributed by atoms with van der Waals surface area (Å²) in [6.45, 7) is 10.6. The number of aryl methyl sites for hydroxylation is 1. The predicted octanol–water partition coefficient (Wildman–Crippen LogP) is 3.87. The van der Waals surface area contributed by atoms with Crippen molar-refractivity contribution in [3.63, 3.8) is 0 Å². The molecule has 0 saturated carbocycles. The Morgan fingerprint density at radius 1 is 1.07 bits per heavy atom. The smallest absolute Gasteiger partial charge is 0.328 e. The van der Waals surface area contributed by atoms with Gasteiger partial charge in [-0.25, -0.2) is 4.79 Å². The Morgan fingerprint density at radius 2 is 1.72 bits per heavy atom. The Hall–Kier alpha value is -2.11. The zero-order valence-electron chi connectivity index (χ0n) is 19.0. The number of carbonyl (C=O) groups is 2. The minimum atomic E-state index is -0.787. The molecule has 6 nitrogen and oxygen atoms in total. The van der Waals surface area contributed by atoms with Gasteiger partial charge < -0.3 is 14.6 Å². The van der Waals surface area contributed by atoms with Crippen molar-refractivity contribution in [3.05, 3.63) is 33.2 Å². The van der Waals surface area contributed by atoms with E-state index in [-0.39, 0.29) is 17.0 Å². The average Bonchev–Trinajstić information content (AvgIpc) is 2.70. The summed E-state index contributed by atoms with van der Waals surface area (Å²) in [4.78, 5) is 38.2. The van der Waals surface area contributed by atoms with Crippen LogP contribution in [0.4, 0.5) is 0 Å². The van der Waals surface area contributed by atoms with E-state index in [0.29, 0.717) is 6.54 Å². The fraction of sp³-hybridized carbons (Fsp3) is 0.696. The highest BCUT2D eigenvalue weighted by Crippen LogP contribution is 2.16. The molecule has 0 aliphatic rings. The number of aromatic nitrogens is 1. The third kappa shape index (κ3) is 6.72. The molecule has 0 aliphatic heterocycles. The van der Waals surface area contributed by atoms with E-state index >= 15 is 0 Å². The molecular weight excluding hydrogens is 368 g/mol. The third-order valence-corrected chi connectivity index (χ3v) is 5.17. The quantitative estimate of drug-likeness (QED) is 0.535. The number of esters is 1. The van der Waals surface area contributed by atoms with Gasteiger partial charge in [0, 0.05) is 12.2 Å². The number of methoxy groups -OCH3 is 1. The van der Waals surface area contributed by atoms with E-state index < -0.39 is 17.9 Å². The van der Waals surface area contributed by atoms with Crippen LogP contribution < -0.4 is 10.9 Å². The number of amides is 1. The maximum Gasteiger partial charge on any atom is 0.328 e. The Bertz CT molecular complexity index is 737. The van der Waals surface area contributed by atoms with Gasteiger partial charge >= 0.3 is 5.97 Å². The maximum atomic E-state index is 13.2. The first-order valence-electron chi connectivity index (χ1n) is 11.0. The van der Waals surface area contributed by atoms with E-state index in [9.17, 15) is 14.4 Å². The lowest BCUT2D eigenvalue weighted by Gasteiger charge is -2.22. The summed E-state index contributed by atoms with van der Waals surface area (Å²) in [6, 6.07) is 0.953. The van der Waals surface area contributed by atoms with E-state index in [2.05, 4.69) is 26.1 Å². The Morgan fingerprint density at radius 3 is 2.24 bits per heavy atom. The number of nitrogens with one attached hydrogen (secondary N) is 1. The molecule has 1 rings (SSSR count). The number of rotatable bonds is 12. The van der Waals surface area contributed by atoms with Crippen LogP contribution in [0, 0.1) is 5.92 Å². The second kappa shape index (κ2) is 12.5. The van der Waals surface area contributed by atoms with Crippen LogP contribution in [-0.2, 0) is 28.9 Å². The molecule has 0 unspecified atom stereocenters. The van der Waals surface area contributed by atoms with Crippen molar-refractivity contribution in [2.45, 2.75) is 92.2 Å². The molecule has 0 radical (unpaired) electrons. The predicted molar refractivity (Wildman–Crippen MR) is 116 cm³/mol. The van der Waals surface area contributed by atoms with Crippen molar-refractivity contribution in [2.24, 2.45) is 5.92 Å². The zero-order valence-corrected chi connectivity index (χ0v) is 19.0. The molecule has 0 saturated heterocycles.